The molecule has 0 amide bonds. The molecule has 2 heterocycles. The quantitative estimate of drug-likeness (QED) is 0.663. The van der Waals surface area contributed by atoms with Crippen LogP contribution in [0.3, 0.4) is 0 Å². The molecule has 4 fully saturated rings. The Hall–Kier alpha value is -1.19. The molecule has 2 aliphatic heterocycles. The third kappa shape index (κ3) is 2.76. The summed E-state index contributed by atoms with van der Waals surface area (Å²) in [7, 11) is -2.32. The van der Waals surface area contributed by atoms with Gasteiger partial charge in [0.25, 0.3) is 0 Å². The Morgan fingerprint density at radius 1 is 1.16 bits per heavy atom. The number of piperidine rings is 1. The largest absolute Gasteiger partial charge is 0.469 e. The molecular formula is C16H24N2O6S. The van der Waals surface area contributed by atoms with Crippen LogP contribution in [0.1, 0.15) is 25.7 Å². The first-order chi connectivity index (χ1) is 11.9. The summed E-state index contributed by atoms with van der Waals surface area (Å²) in [4.78, 5) is 26.6. The predicted octanol–water partition coefficient (Wildman–Crippen LogP) is -0.507. The van der Waals surface area contributed by atoms with Crippen molar-refractivity contribution in [2.75, 3.05) is 26.7 Å². The summed E-state index contributed by atoms with van der Waals surface area (Å²) >= 11 is 0. The van der Waals surface area contributed by atoms with E-state index in [1.165, 1.54) is 13.5 Å². The fourth-order valence-corrected chi connectivity index (χ4v) is 7.53. The van der Waals surface area contributed by atoms with Gasteiger partial charge in [0.05, 0.1) is 30.9 Å². The zero-order chi connectivity index (χ0) is 17.8. The Bertz CT molecular complexity index is 674. The number of carbonyl (C=O) groups excluding carboxylic acids is 2. The molecule has 9 heteroatoms. The van der Waals surface area contributed by atoms with Gasteiger partial charge in [-0.3, -0.25) is 14.5 Å². The Morgan fingerprint density at radius 2 is 1.88 bits per heavy atom. The number of hydrogen-bond donors (Lipinski definition) is 1. The molecule has 4 rings (SSSR count). The minimum absolute atomic E-state index is 0.188. The van der Waals surface area contributed by atoms with E-state index in [1.54, 1.807) is 0 Å². The van der Waals surface area contributed by atoms with Gasteiger partial charge >= 0.3 is 11.9 Å². The van der Waals surface area contributed by atoms with Gasteiger partial charge in [-0.1, -0.05) is 6.42 Å². The number of esters is 2. The van der Waals surface area contributed by atoms with Gasteiger partial charge in [-0.2, -0.15) is 0 Å². The number of ether oxygens (including phenoxy) is 2. The molecule has 0 aromatic rings. The normalized spacial score (nSPS) is 41.6. The lowest BCUT2D eigenvalue weighted by Crippen LogP contribution is -2.48. The van der Waals surface area contributed by atoms with Crippen molar-refractivity contribution in [3.05, 3.63) is 0 Å². The van der Waals surface area contributed by atoms with E-state index in [2.05, 4.69) is 9.62 Å². The van der Waals surface area contributed by atoms with Gasteiger partial charge in [-0.05, 0) is 38.3 Å². The summed E-state index contributed by atoms with van der Waals surface area (Å²) in [6.45, 7) is 1.99. The van der Waals surface area contributed by atoms with Crippen LogP contribution in [0.25, 0.3) is 0 Å². The standard InChI is InChI=1S/C16H24N2O6S/c1-23-16(20)12-9-7-10-13(17-25(21,22)15(10)12)14(9)24-11(19)8-18-5-3-2-4-6-18/h9-10,12-15,17H,2-8H2,1H3. The van der Waals surface area contributed by atoms with E-state index >= 15 is 0 Å². The van der Waals surface area contributed by atoms with Crippen molar-refractivity contribution in [2.45, 2.75) is 43.1 Å². The molecule has 2 saturated heterocycles. The lowest BCUT2D eigenvalue weighted by atomic mass is 9.83. The van der Waals surface area contributed by atoms with Crippen LogP contribution in [0.4, 0.5) is 0 Å². The van der Waals surface area contributed by atoms with Crippen molar-refractivity contribution in [3.8, 4) is 0 Å². The van der Waals surface area contributed by atoms with Gasteiger partial charge in [0.15, 0.2) is 0 Å². The molecule has 25 heavy (non-hydrogen) atoms. The van der Waals surface area contributed by atoms with Crippen molar-refractivity contribution in [1.82, 2.24) is 9.62 Å². The highest BCUT2D eigenvalue weighted by atomic mass is 32.2. The third-order valence-corrected chi connectivity index (χ3v) is 8.18. The molecule has 0 spiro atoms. The first-order valence-electron chi connectivity index (χ1n) is 8.93. The smallest absolute Gasteiger partial charge is 0.320 e. The average Bonchev–Trinajstić information content (AvgIpc) is 3.17. The van der Waals surface area contributed by atoms with E-state index < -0.39 is 39.3 Å². The molecule has 4 aliphatic rings. The highest BCUT2D eigenvalue weighted by molar-refractivity contribution is 7.90. The van der Waals surface area contributed by atoms with Crippen LogP contribution < -0.4 is 4.72 Å². The number of nitrogens with one attached hydrogen (secondary N) is 1. The maximum atomic E-state index is 12.4. The molecule has 0 aromatic carbocycles. The number of carbonyl (C=O) groups is 2. The maximum absolute atomic E-state index is 12.4. The summed E-state index contributed by atoms with van der Waals surface area (Å²) in [6.07, 6.45) is 3.33. The van der Waals surface area contributed by atoms with E-state index in [9.17, 15) is 18.0 Å². The maximum Gasteiger partial charge on any atom is 0.320 e. The number of sulfonamides is 1. The Balaban J connectivity index is 1.49. The number of rotatable bonds is 4. The van der Waals surface area contributed by atoms with Gasteiger partial charge in [0, 0.05) is 5.92 Å². The number of fused-ring (bicyclic) bond motifs is 1. The highest BCUT2D eigenvalue weighted by Crippen LogP contribution is 2.56. The van der Waals surface area contributed by atoms with Gasteiger partial charge in [0.1, 0.15) is 6.10 Å². The SMILES string of the molecule is COC(=O)C1C2CC3C(NS(=O)(=O)C31)C2OC(=O)CN1CCCCC1. The zero-order valence-corrected chi connectivity index (χ0v) is 15.0. The van der Waals surface area contributed by atoms with E-state index in [1.807, 2.05) is 0 Å². The predicted molar refractivity (Wildman–Crippen MR) is 86.9 cm³/mol. The molecule has 140 valence electrons. The average molecular weight is 372 g/mol. The first kappa shape index (κ1) is 17.2. The van der Waals surface area contributed by atoms with Gasteiger partial charge in [0.2, 0.25) is 10.0 Å². The summed E-state index contributed by atoms with van der Waals surface area (Å²) in [5.74, 6) is -2.10. The van der Waals surface area contributed by atoms with Crippen molar-refractivity contribution < 1.29 is 27.5 Å². The molecule has 0 radical (unpaired) electrons. The van der Waals surface area contributed by atoms with Crippen LogP contribution in [0.2, 0.25) is 0 Å². The van der Waals surface area contributed by atoms with Gasteiger partial charge in [-0.15, -0.1) is 0 Å². The van der Waals surface area contributed by atoms with Crippen molar-refractivity contribution in [3.63, 3.8) is 0 Å². The van der Waals surface area contributed by atoms with Crippen LogP contribution in [0, 0.1) is 17.8 Å². The fraction of sp³-hybridized carbons (Fsp3) is 0.875. The number of hydrogen-bond acceptors (Lipinski definition) is 7. The zero-order valence-electron chi connectivity index (χ0n) is 14.2. The molecule has 6 unspecified atom stereocenters. The second-order valence-corrected chi connectivity index (χ2v) is 9.43. The minimum Gasteiger partial charge on any atom is -0.469 e. The molecule has 6 atom stereocenters. The molecule has 2 saturated carbocycles. The minimum atomic E-state index is -3.58. The van der Waals surface area contributed by atoms with Crippen LogP contribution >= 0.6 is 0 Å². The van der Waals surface area contributed by atoms with E-state index in [0.717, 1.165) is 25.9 Å². The van der Waals surface area contributed by atoms with Crippen LogP contribution in [-0.2, 0) is 29.1 Å². The Labute approximate surface area is 147 Å². The molecule has 0 aromatic heterocycles. The third-order valence-electron chi connectivity index (χ3n) is 6.22. The topological polar surface area (TPSA) is 102 Å². The second kappa shape index (κ2) is 6.21. The fourth-order valence-electron chi connectivity index (χ4n) is 5.24. The highest BCUT2D eigenvalue weighted by Gasteiger charge is 2.70. The van der Waals surface area contributed by atoms with Crippen molar-refractivity contribution in [1.29, 1.82) is 0 Å². The van der Waals surface area contributed by atoms with Crippen LogP contribution in [0.5, 0.6) is 0 Å². The molecule has 2 bridgehead atoms. The number of nitrogens with zero attached hydrogens (tertiary/aromatic N) is 1. The molecule has 8 nitrogen and oxygen atoms in total. The molecule has 1 N–H and O–H groups in total. The number of methoxy groups -OCH3 is 1. The number of likely N-dealkylation sites (tertiary alicyclic amines) is 1. The van der Waals surface area contributed by atoms with Crippen LogP contribution in [-0.4, -0.2) is 69.4 Å². The van der Waals surface area contributed by atoms with E-state index in [4.69, 9.17) is 9.47 Å². The Kier molecular flexibility index (Phi) is 4.28. The monoisotopic (exact) mass is 372 g/mol. The molecular weight excluding hydrogens is 348 g/mol. The second-order valence-electron chi connectivity index (χ2n) is 7.56. The summed E-state index contributed by atoms with van der Waals surface area (Å²) in [5, 5.41) is -0.757. The lowest BCUT2D eigenvalue weighted by Gasteiger charge is -2.32. The van der Waals surface area contributed by atoms with E-state index in [0.29, 0.717) is 6.42 Å². The van der Waals surface area contributed by atoms with Crippen LogP contribution in [0.15, 0.2) is 0 Å². The van der Waals surface area contributed by atoms with Crippen molar-refractivity contribution in [2.24, 2.45) is 17.8 Å². The summed E-state index contributed by atoms with van der Waals surface area (Å²) in [5.41, 5.74) is 0. The summed E-state index contributed by atoms with van der Waals surface area (Å²) < 4.78 is 37.9. The first-order valence-corrected chi connectivity index (χ1v) is 10.5. The Morgan fingerprint density at radius 3 is 2.56 bits per heavy atom. The van der Waals surface area contributed by atoms with Gasteiger partial charge in [-0.25, -0.2) is 13.1 Å². The lowest BCUT2D eigenvalue weighted by molar-refractivity contribution is -0.160. The van der Waals surface area contributed by atoms with Crippen molar-refractivity contribution >= 4 is 22.0 Å². The van der Waals surface area contributed by atoms with Gasteiger partial charge < -0.3 is 9.47 Å². The van der Waals surface area contributed by atoms with E-state index in [-0.39, 0.29) is 24.3 Å². The molecule has 2 aliphatic carbocycles. The summed E-state index contributed by atoms with van der Waals surface area (Å²) in [6, 6.07) is -0.411.